The number of carbonyl (C=O) groups is 1. The summed E-state index contributed by atoms with van der Waals surface area (Å²) >= 11 is 0. The van der Waals surface area contributed by atoms with Crippen LogP contribution in [-0.2, 0) is 16.1 Å². The van der Waals surface area contributed by atoms with Crippen molar-refractivity contribution in [3.8, 4) is 22.5 Å². The molecule has 0 spiro atoms. The van der Waals surface area contributed by atoms with E-state index in [-0.39, 0.29) is 12.5 Å². The molecule has 0 aliphatic carbocycles. The summed E-state index contributed by atoms with van der Waals surface area (Å²) in [7, 11) is 0. The Labute approximate surface area is 152 Å². The van der Waals surface area contributed by atoms with Gasteiger partial charge in [-0.25, -0.2) is 4.68 Å². The zero-order valence-electron chi connectivity index (χ0n) is 15.4. The number of aryl methyl sites for hydroxylation is 1. The number of nitrogens with zero attached hydrogens (tertiary/aromatic N) is 4. The first kappa shape index (κ1) is 17.8. The van der Waals surface area contributed by atoms with Gasteiger partial charge in [-0.2, -0.15) is 0 Å². The SMILES string of the molecule is Cc1cccc(-c2c(-c3ccncc3)nnn2CC(=O)OC(C)(C)C)c1. The molecule has 2 aromatic heterocycles. The molecule has 6 heteroatoms. The summed E-state index contributed by atoms with van der Waals surface area (Å²) in [6, 6.07) is 11.8. The van der Waals surface area contributed by atoms with Gasteiger partial charge in [0.05, 0.1) is 5.69 Å². The molecular weight excluding hydrogens is 328 g/mol. The van der Waals surface area contributed by atoms with Crippen molar-refractivity contribution >= 4 is 5.97 Å². The fourth-order valence-electron chi connectivity index (χ4n) is 2.70. The van der Waals surface area contributed by atoms with E-state index in [4.69, 9.17) is 4.74 Å². The first-order valence-corrected chi connectivity index (χ1v) is 8.46. The number of esters is 1. The van der Waals surface area contributed by atoms with Crippen LogP contribution in [0.5, 0.6) is 0 Å². The number of pyridine rings is 1. The van der Waals surface area contributed by atoms with Crippen LogP contribution in [0.1, 0.15) is 26.3 Å². The van der Waals surface area contributed by atoms with Gasteiger partial charge in [0.1, 0.15) is 17.8 Å². The minimum Gasteiger partial charge on any atom is -0.459 e. The molecule has 3 aromatic rings. The van der Waals surface area contributed by atoms with E-state index in [9.17, 15) is 4.79 Å². The van der Waals surface area contributed by atoms with Gasteiger partial charge in [-0.1, -0.05) is 29.0 Å². The van der Waals surface area contributed by atoms with E-state index in [1.165, 1.54) is 0 Å². The number of rotatable bonds is 4. The maximum absolute atomic E-state index is 12.3. The van der Waals surface area contributed by atoms with E-state index in [0.29, 0.717) is 5.69 Å². The lowest BCUT2D eigenvalue weighted by atomic mass is 10.0. The normalized spacial score (nSPS) is 11.4. The van der Waals surface area contributed by atoms with Gasteiger partial charge in [0.25, 0.3) is 0 Å². The Bertz CT molecular complexity index is 911. The van der Waals surface area contributed by atoms with Crippen molar-refractivity contribution in [1.82, 2.24) is 20.0 Å². The highest BCUT2D eigenvalue weighted by Gasteiger charge is 2.22. The second-order valence-electron chi connectivity index (χ2n) is 7.14. The molecule has 0 aliphatic rings. The lowest BCUT2D eigenvalue weighted by molar-refractivity contribution is -0.155. The largest absolute Gasteiger partial charge is 0.459 e. The second kappa shape index (κ2) is 7.07. The molecule has 3 rings (SSSR count). The van der Waals surface area contributed by atoms with Crippen LogP contribution in [0.3, 0.4) is 0 Å². The number of aromatic nitrogens is 4. The Morgan fingerprint density at radius 3 is 2.50 bits per heavy atom. The first-order valence-electron chi connectivity index (χ1n) is 8.46. The molecule has 0 amide bonds. The summed E-state index contributed by atoms with van der Waals surface area (Å²) in [5.74, 6) is -0.349. The average Bonchev–Trinajstić information content (AvgIpc) is 2.97. The molecule has 26 heavy (non-hydrogen) atoms. The van der Waals surface area contributed by atoms with Crippen LogP contribution in [0.25, 0.3) is 22.5 Å². The van der Waals surface area contributed by atoms with Crippen LogP contribution >= 0.6 is 0 Å². The quantitative estimate of drug-likeness (QED) is 0.672. The standard InChI is InChI=1S/C20H22N4O2/c1-14-6-5-7-16(12-14)19-18(15-8-10-21-11-9-15)22-23-24(19)13-17(25)26-20(2,3)4/h5-12H,13H2,1-4H3. The zero-order chi connectivity index (χ0) is 18.7. The van der Waals surface area contributed by atoms with Crippen molar-refractivity contribution in [2.75, 3.05) is 0 Å². The summed E-state index contributed by atoms with van der Waals surface area (Å²) in [5, 5.41) is 8.53. The van der Waals surface area contributed by atoms with Gasteiger partial charge >= 0.3 is 5.97 Å². The maximum Gasteiger partial charge on any atom is 0.328 e. The van der Waals surface area contributed by atoms with E-state index in [1.807, 2.05) is 58.0 Å². The van der Waals surface area contributed by atoms with Gasteiger partial charge in [0, 0.05) is 23.5 Å². The van der Waals surface area contributed by atoms with Crippen LogP contribution in [0.15, 0.2) is 48.8 Å². The Hall–Kier alpha value is -3.02. The Morgan fingerprint density at radius 2 is 1.85 bits per heavy atom. The minimum atomic E-state index is -0.547. The van der Waals surface area contributed by atoms with E-state index in [1.54, 1.807) is 17.1 Å². The monoisotopic (exact) mass is 350 g/mol. The lowest BCUT2D eigenvalue weighted by Crippen LogP contribution is -2.27. The van der Waals surface area contributed by atoms with Crippen LogP contribution in [-0.4, -0.2) is 31.5 Å². The summed E-state index contributed by atoms with van der Waals surface area (Å²) < 4.78 is 7.03. The van der Waals surface area contributed by atoms with Crippen molar-refractivity contribution < 1.29 is 9.53 Å². The molecule has 0 saturated carbocycles. The highest BCUT2D eigenvalue weighted by Crippen LogP contribution is 2.30. The van der Waals surface area contributed by atoms with Gasteiger partial charge in [0.2, 0.25) is 0 Å². The van der Waals surface area contributed by atoms with Gasteiger partial charge in [-0.15, -0.1) is 5.10 Å². The minimum absolute atomic E-state index is 0.00136. The number of ether oxygens (including phenoxy) is 1. The molecule has 0 N–H and O–H groups in total. The Balaban J connectivity index is 2.05. The molecule has 0 saturated heterocycles. The highest BCUT2D eigenvalue weighted by molar-refractivity contribution is 5.79. The van der Waals surface area contributed by atoms with Crippen molar-refractivity contribution in [3.63, 3.8) is 0 Å². The molecule has 0 fully saturated rings. The fraction of sp³-hybridized carbons (Fsp3) is 0.300. The molecule has 0 bridgehead atoms. The van der Waals surface area contributed by atoms with Crippen LogP contribution in [0.4, 0.5) is 0 Å². The van der Waals surface area contributed by atoms with E-state index in [0.717, 1.165) is 22.4 Å². The third kappa shape index (κ3) is 4.14. The number of benzene rings is 1. The van der Waals surface area contributed by atoms with Gasteiger partial charge in [-0.3, -0.25) is 9.78 Å². The summed E-state index contributed by atoms with van der Waals surface area (Å²) in [6.45, 7) is 7.55. The van der Waals surface area contributed by atoms with Crippen molar-refractivity contribution in [2.45, 2.75) is 39.8 Å². The van der Waals surface area contributed by atoms with E-state index >= 15 is 0 Å². The summed E-state index contributed by atoms with van der Waals surface area (Å²) in [4.78, 5) is 16.4. The number of hydrogen-bond donors (Lipinski definition) is 0. The zero-order valence-corrected chi connectivity index (χ0v) is 15.4. The van der Waals surface area contributed by atoms with Crippen molar-refractivity contribution in [2.24, 2.45) is 0 Å². The predicted molar refractivity (Wildman–Crippen MR) is 99.3 cm³/mol. The molecule has 0 atom stereocenters. The van der Waals surface area contributed by atoms with Gasteiger partial charge in [-0.05, 0) is 45.9 Å². The van der Waals surface area contributed by atoms with E-state index < -0.39 is 5.60 Å². The number of carbonyl (C=O) groups excluding carboxylic acids is 1. The molecule has 1 aromatic carbocycles. The third-order valence-corrected chi connectivity index (χ3v) is 3.68. The molecule has 2 heterocycles. The summed E-state index contributed by atoms with van der Waals surface area (Å²) in [5.41, 5.74) is 3.91. The first-order chi connectivity index (χ1) is 12.3. The number of hydrogen-bond acceptors (Lipinski definition) is 5. The second-order valence-corrected chi connectivity index (χ2v) is 7.14. The van der Waals surface area contributed by atoms with Crippen molar-refractivity contribution in [1.29, 1.82) is 0 Å². The predicted octanol–water partition coefficient (Wildman–Crippen LogP) is 3.66. The topological polar surface area (TPSA) is 69.9 Å². The van der Waals surface area contributed by atoms with Crippen LogP contribution in [0.2, 0.25) is 0 Å². The fourth-order valence-corrected chi connectivity index (χ4v) is 2.70. The van der Waals surface area contributed by atoms with E-state index in [2.05, 4.69) is 21.4 Å². The molecule has 0 aliphatic heterocycles. The molecular formula is C20H22N4O2. The maximum atomic E-state index is 12.3. The van der Waals surface area contributed by atoms with Gasteiger partial charge < -0.3 is 4.74 Å². The Morgan fingerprint density at radius 1 is 1.12 bits per heavy atom. The smallest absolute Gasteiger partial charge is 0.328 e. The molecule has 134 valence electrons. The summed E-state index contributed by atoms with van der Waals surface area (Å²) in [6.07, 6.45) is 3.42. The lowest BCUT2D eigenvalue weighted by Gasteiger charge is -2.19. The molecule has 0 radical (unpaired) electrons. The average molecular weight is 350 g/mol. The molecule has 0 unspecified atom stereocenters. The van der Waals surface area contributed by atoms with Crippen LogP contribution in [0, 0.1) is 6.92 Å². The van der Waals surface area contributed by atoms with Gasteiger partial charge in [0.15, 0.2) is 0 Å². The van der Waals surface area contributed by atoms with Crippen molar-refractivity contribution in [3.05, 3.63) is 54.4 Å². The third-order valence-electron chi connectivity index (χ3n) is 3.68. The highest BCUT2D eigenvalue weighted by atomic mass is 16.6. The Kier molecular flexibility index (Phi) is 4.84. The van der Waals surface area contributed by atoms with Crippen LogP contribution < -0.4 is 0 Å². The molecule has 6 nitrogen and oxygen atoms in total.